The van der Waals surface area contributed by atoms with Gasteiger partial charge in [0, 0.05) is 110 Å². The number of fused-ring (bicyclic) bond motifs is 4. The van der Waals surface area contributed by atoms with Crippen LogP contribution in [-0.2, 0) is 112 Å². The van der Waals surface area contributed by atoms with Gasteiger partial charge in [0.25, 0.3) is 0 Å². The Hall–Kier alpha value is -9.61. The van der Waals surface area contributed by atoms with Crippen molar-refractivity contribution in [2.75, 3.05) is 7.11 Å². The number of hydrogen-bond donors (Lipinski definition) is 5. The molecule has 12 aromatic rings. The Bertz CT molecular complexity index is 4750. The average Bonchev–Trinajstić information content (AvgIpc) is 0.835. The third kappa shape index (κ3) is 34.2. The molecule has 0 saturated carbocycles. The van der Waals surface area contributed by atoms with Gasteiger partial charge in [0.2, 0.25) is 0 Å². The van der Waals surface area contributed by atoms with Crippen LogP contribution < -0.4 is 4.74 Å². The molecule has 21 heteroatoms. The van der Waals surface area contributed by atoms with Crippen molar-refractivity contribution in [3.63, 3.8) is 0 Å². The van der Waals surface area contributed by atoms with Gasteiger partial charge in [-0.1, -0.05) is 128 Å². The van der Waals surface area contributed by atoms with Crippen LogP contribution in [0.5, 0.6) is 5.75 Å². The summed E-state index contributed by atoms with van der Waals surface area (Å²) in [6.07, 6.45) is 0.325. The summed E-state index contributed by atoms with van der Waals surface area (Å²) in [5.74, 6) is 0.555. The molecule has 4 aromatic heterocycles. The first-order valence-corrected chi connectivity index (χ1v) is 31.3. The van der Waals surface area contributed by atoms with Crippen molar-refractivity contribution in [1.29, 1.82) is 0 Å². The number of aliphatic hydroxyl groups is 5. The largest absolute Gasteiger partial charge is 0.540 e. The Labute approximate surface area is 664 Å². The number of nitrogens with zero attached hydrogens (tertiary/aromatic N) is 4. The van der Waals surface area contributed by atoms with Gasteiger partial charge in [-0.25, -0.2) is 0 Å². The zero-order chi connectivity index (χ0) is 74.0. The van der Waals surface area contributed by atoms with E-state index in [2.05, 4.69) is 93.6 Å². The number of ether oxygens (including phenoxy) is 1. The van der Waals surface area contributed by atoms with Crippen LogP contribution in [-0.4, -0.2) is 75.7 Å². The number of benzene rings is 8. The van der Waals surface area contributed by atoms with Gasteiger partial charge in [-0.2, -0.15) is 13.2 Å². The Balaban J connectivity index is 0.000000619. The minimum atomic E-state index is -4.34. The molecule has 4 heterocycles. The normalized spacial score (nSPS) is 10.6. The van der Waals surface area contributed by atoms with Gasteiger partial charge in [-0.3, -0.25) is 39.1 Å². The molecule has 0 unspecified atom stereocenters. The molecule has 554 valence electrons. The number of carbonyl (C=O) groups is 4. The molecule has 12 rings (SSSR count). The third-order valence-corrected chi connectivity index (χ3v) is 13.4. The van der Waals surface area contributed by atoms with E-state index in [4.69, 9.17) is 30.3 Å². The third-order valence-electron chi connectivity index (χ3n) is 13.4. The summed E-state index contributed by atoms with van der Waals surface area (Å²) in [4.78, 5) is 58.4. The first-order chi connectivity index (χ1) is 48.1. The summed E-state index contributed by atoms with van der Waals surface area (Å²) in [7, 11) is 1.65. The molecule has 0 atom stereocenters. The van der Waals surface area contributed by atoms with E-state index in [1.54, 1.807) is 13.2 Å². The van der Waals surface area contributed by atoms with Crippen molar-refractivity contribution in [1.82, 2.24) is 19.9 Å². The molecule has 105 heavy (non-hydrogen) atoms. The number of rotatable bonds is 10. The minimum Gasteiger partial charge on any atom is -0.540 e. The average molecular weight is 2130 g/mol. The zero-order valence-electron chi connectivity index (χ0n) is 58.8. The van der Waals surface area contributed by atoms with Gasteiger partial charge in [-0.15, -0.1) is 130 Å². The number of halogens is 3. The van der Waals surface area contributed by atoms with E-state index < -0.39 is 11.7 Å². The Morgan fingerprint density at radius 1 is 0.410 bits per heavy atom. The number of pyridine rings is 4. The van der Waals surface area contributed by atoms with E-state index in [0.29, 0.717) is 11.3 Å². The zero-order valence-corrected chi connectivity index (χ0v) is 68.4. The van der Waals surface area contributed by atoms with E-state index in [0.717, 1.165) is 95.4 Å². The molecular formula is C84H77F3Ir4N4O10-4. The Kier molecular flexibility index (Phi) is 43.1. The topological polar surface area (TPSA) is 230 Å². The number of allylic oxidation sites excluding steroid dienone is 8. The summed E-state index contributed by atoms with van der Waals surface area (Å²) < 4.78 is 42.6. The van der Waals surface area contributed by atoms with E-state index in [1.807, 2.05) is 152 Å². The Morgan fingerprint density at radius 3 is 1.07 bits per heavy atom. The molecule has 0 aliphatic heterocycles. The fraction of sp³-hybridized carbons (Fsp3) is 0.143. The maximum atomic E-state index is 12.5. The van der Waals surface area contributed by atoms with Gasteiger partial charge >= 0.3 is 6.18 Å². The first-order valence-electron chi connectivity index (χ1n) is 31.3. The smallest absolute Gasteiger partial charge is 0.381 e. The number of alkyl halides is 3. The monoisotopic (exact) mass is 2130 g/mol. The molecule has 8 aromatic carbocycles. The second kappa shape index (κ2) is 48.4. The van der Waals surface area contributed by atoms with E-state index in [9.17, 15) is 32.3 Å². The number of para-hydroxylation sites is 4. The van der Waals surface area contributed by atoms with Gasteiger partial charge in [0.15, 0.2) is 23.1 Å². The molecule has 5 N–H and O–H groups in total. The molecule has 0 bridgehead atoms. The molecule has 14 nitrogen and oxygen atoms in total. The number of ketones is 4. The number of aryl methyl sites for hydroxylation is 1. The molecular weight excluding hydrogens is 2050 g/mol. The predicted octanol–water partition coefficient (Wildman–Crippen LogP) is 19.8. The van der Waals surface area contributed by atoms with Crippen LogP contribution >= 0.6 is 0 Å². The number of aromatic nitrogens is 4. The van der Waals surface area contributed by atoms with Gasteiger partial charge < -0.3 is 30.3 Å². The summed E-state index contributed by atoms with van der Waals surface area (Å²) >= 11 is 0. The quantitative estimate of drug-likeness (QED) is 0.0487. The second-order valence-electron chi connectivity index (χ2n) is 22.3. The van der Waals surface area contributed by atoms with Crippen molar-refractivity contribution >= 4 is 66.7 Å². The van der Waals surface area contributed by atoms with Crippen molar-refractivity contribution < 1.29 is 143 Å². The van der Waals surface area contributed by atoms with Crippen molar-refractivity contribution in [2.45, 2.75) is 75.1 Å². The van der Waals surface area contributed by atoms with E-state index in [-0.39, 0.29) is 133 Å². The Morgan fingerprint density at radius 2 is 0.762 bits per heavy atom. The van der Waals surface area contributed by atoms with Crippen LogP contribution in [0.2, 0.25) is 0 Å². The molecule has 0 amide bonds. The summed E-state index contributed by atoms with van der Waals surface area (Å²) in [6, 6.07) is 80.7. The SMILES string of the molecule is CC(=O)C=C(C)O.CC(=O)C=C(C)O.CC(=O)C=C(C)O.CC(=O)C=C(C)O.COc1c[c-]c(-c2ccc3ccccc3n2)cc1.Cc1ccc[c-]c1-c1ccc2ccccc2n1.FC(F)(F)c1c[c-]c(-c2ccc3ccccc3n2)cc1.OCc1cc[c-]c(-c2ccc3ccccc3n2)c1.[Ir].[Ir].[Ir].[Ir]. The van der Waals surface area contributed by atoms with E-state index >= 15 is 0 Å². The van der Waals surface area contributed by atoms with Crippen LogP contribution in [0.1, 0.15) is 72.1 Å². The van der Waals surface area contributed by atoms with Crippen LogP contribution in [0.4, 0.5) is 13.2 Å². The van der Waals surface area contributed by atoms with Gasteiger partial charge in [0.05, 0.1) is 58.8 Å². The molecule has 4 radical (unpaired) electrons. The van der Waals surface area contributed by atoms with Crippen molar-refractivity contribution in [3.05, 3.63) is 307 Å². The number of aliphatic hydroxyl groups excluding tert-OH is 5. The van der Waals surface area contributed by atoms with E-state index in [1.165, 1.54) is 96.7 Å². The van der Waals surface area contributed by atoms with Crippen LogP contribution in [0.15, 0.2) is 266 Å². The minimum absolute atomic E-state index is 0. The van der Waals surface area contributed by atoms with Gasteiger partial charge in [0.1, 0.15) is 0 Å². The van der Waals surface area contributed by atoms with Crippen LogP contribution in [0.3, 0.4) is 0 Å². The number of carbonyl (C=O) groups excluding carboxylic acids is 4. The maximum absolute atomic E-state index is 12.5. The summed E-state index contributed by atoms with van der Waals surface area (Å²) in [5.41, 5.74) is 12.1. The van der Waals surface area contributed by atoms with Crippen LogP contribution in [0.25, 0.3) is 88.6 Å². The summed E-state index contributed by atoms with van der Waals surface area (Å²) in [5, 5.41) is 47.0. The molecule has 0 aliphatic rings. The van der Waals surface area contributed by atoms with Crippen molar-refractivity contribution in [3.8, 4) is 50.8 Å². The van der Waals surface area contributed by atoms with Crippen LogP contribution in [0, 0.1) is 31.2 Å². The standard InChI is InChI=1S/C16H9F3N.2C16H12NO.C16H12N.4C5H8O2.4Ir/c17-16(18,19)13-8-5-12(6-9-13)15-10-7-11-3-1-2-4-14(11)20-15;1-18-14-9-6-13(7-10-14)16-11-8-12-4-2-3-5-15(12)17-16;18-11-12-4-3-6-14(10-12)16-9-8-13-5-1-2-7-15(13)17-16;1-12-6-2-4-8-14(12)16-11-10-13-7-3-5-9-15(13)17-16;4*1-4(6)3-5(2)7;;;;/h1-5,7-10H;2-6,8-11H,1H3;1-5,7-10,18H,11H2;2-7,9-11H,1H3;4*3,6H,1-2H3;;;;/q4*-1;;;;;;;;. The fourth-order valence-electron chi connectivity index (χ4n) is 9.04. The molecule has 0 spiro atoms. The van der Waals surface area contributed by atoms with Gasteiger partial charge in [-0.05, 0) is 130 Å². The molecule has 0 fully saturated rings. The number of methoxy groups -OCH3 is 1. The molecule has 0 aliphatic carbocycles. The predicted molar refractivity (Wildman–Crippen MR) is 395 cm³/mol. The maximum Gasteiger partial charge on any atom is 0.381 e. The fourth-order valence-corrected chi connectivity index (χ4v) is 9.04. The second-order valence-corrected chi connectivity index (χ2v) is 22.3. The molecule has 0 saturated heterocycles. The first kappa shape index (κ1) is 93.4. The summed E-state index contributed by atoms with van der Waals surface area (Å²) in [6.45, 7) is 13.5. The van der Waals surface area contributed by atoms with Crippen molar-refractivity contribution in [2.24, 2.45) is 0 Å². The number of hydrogen-bond acceptors (Lipinski definition) is 14.